The molecular formula is C25H27FN6O3S. The van der Waals surface area contributed by atoms with Gasteiger partial charge in [0.25, 0.3) is 5.91 Å². The molecule has 0 fully saturated rings. The summed E-state index contributed by atoms with van der Waals surface area (Å²) in [6.07, 6.45) is 0. The first kappa shape index (κ1) is 25.2. The molecule has 0 radical (unpaired) electrons. The number of nitrogens with one attached hydrogen (secondary N) is 1. The number of carbonyl (C=O) groups excluding carboxylic acids is 2. The van der Waals surface area contributed by atoms with Gasteiger partial charge in [0.2, 0.25) is 11.7 Å². The van der Waals surface area contributed by atoms with Crippen molar-refractivity contribution in [3.8, 4) is 11.4 Å². The predicted molar refractivity (Wildman–Crippen MR) is 132 cm³/mol. The van der Waals surface area contributed by atoms with Crippen LogP contribution in [0.25, 0.3) is 11.4 Å². The summed E-state index contributed by atoms with van der Waals surface area (Å²) in [5, 5.41) is 17.1. The summed E-state index contributed by atoms with van der Waals surface area (Å²) in [6, 6.07) is 11.9. The fourth-order valence-corrected chi connectivity index (χ4v) is 4.30. The number of nitrogens with zero attached hydrogens (tertiary/aromatic N) is 5. The predicted octanol–water partition coefficient (Wildman–Crippen LogP) is 4.13. The molecule has 36 heavy (non-hydrogen) atoms. The summed E-state index contributed by atoms with van der Waals surface area (Å²) in [5.41, 5.74) is 0.0469. The molecule has 0 aliphatic rings. The Labute approximate surface area is 211 Å². The number of hydrogen-bond donors (Lipinski definition) is 1. The lowest BCUT2D eigenvalue weighted by molar-refractivity contribution is -0.143. The summed E-state index contributed by atoms with van der Waals surface area (Å²) in [7, 11) is 0. The largest absolute Gasteiger partial charge is 0.464 e. The highest BCUT2D eigenvalue weighted by Crippen LogP contribution is 2.28. The summed E-state index contributed by atoms with van der Waals surface area (Å²) in [4.78, 5) is 30.6. The third-order valence-corrected chi connectivity index (χ3v) is 6.01. The van der Waals surface area contributed by atoms with E-state index in [9.17, 15) is 14.0 Å². The topological polar surface area (TPSA) is 106 Å². The third kappa shape index (κ3) is 6.22. The standard InChI is InChI=1S/C25H27FN6O3S/c1-16-7-12-20(35-16)22(24(34)27-25(2,3)4)31(14-19-6-5-13-36-19)21(33)15-32-29-23(28-30-32)17-8-10-18(26)11-9-17/h5-13,22H,14-15H2,1-4H3,(H,27,34). The van der Waals surface area contributed by atoms with Gasteiger partial charge in [-0.1, -0.05) is 6.07 Å². The molecule has 11 heteroatoms. The van der Waals surface area contributed by atoms with E-state index in [0.717, 1.165) is 9.67 Å². The molecule has 0 aliphatic heterocycles. The summed E-state index contributed by atoms with van der Waals surface area (Å²) < 4.78 is 19.1. The van der Waals surface area contributed by atoms with Crippen LogP contribution in [0.15, 0.2) is 58.3 Å². The minimum Gasteiger partial charge on any atom is -0.464 e. The molecule has 1 atom stereocenters. The zero-order valence-corrected chi connectivity index (χ0v) is 21.3. The number of furan rings is 1. The van der Waals surface area contributed by atoms with Crippen LogP contribution in [0, 0.1) is 12.7 Å². The van der Waals surface area contributed by atoms with Gasteiger partial charge in [-0.2, -0.15) is 4.80 Å². The fraction of sp³-hybridized carbons (Fsp3) is 0.320. The van der Waals surface area contributed by atoms with Crippen LogP contribution in [0.4, 0.5) is 4.39 Å². The van der Waals surface area contributed by atoms with Gasteiger partial charge < -0.3 is 14.6 Å². The van der Waals surface area contributed by atoms with Gasteiger partial charge in [0.1, 0.15) is 23.9 Å². The van der Waals surface area contributed by atoms with Crippen LogP contribution in [0.2, 0.25) is 0 Å². The molecule has 0 aliphatic carbocycles. The van der Waals surface area contributed by atoms with Crippen molar-refractivity contribution in [2.45, 2.75) is 52.4 Å². The maximum Gasteiger partial charge on any atom is 0.251 e. The molecule has 188 valence electrons. The van der Waals surface area contributed by atoms with Crippen LogP contribution in [-0.2, 0) is 22.7 Å². The molecule has 9 nitrogen and oxygen atoms in total. The second-order valence-corrected chi connectivity index (χ2v) is 10.4. The Balaban J connectivity index is 1.65. The van der Waals surface area contributed by atoms with E-state index in [2.05, 4.69) is 20.7 Å². The van der Waals surface area contributed by atoms with Crippen molar-refractivity contribution in [1.29, 1.82) is 0 Å². The van der Waals surface area contributed by atoms with Crippen LogP contribution < -0.4 is 5.32 Å². The highest BCUT2D eigenvalue weighted by atomic mass is 32.1. The number of benzene rings is 1. The highest BCUT2D eigenvalue weighted by molar-refractivity contribution is 7.09. The van der Waals surface area contributed by atoms with Crippen molar-refractivity contribution in [3.05, 3.63) is 76.1 Å². The van der Waals surface area contributed by atoms with Crippen molar-refractivity contribution < 1.29 is 18.4 Å². The molecule has 0 saturated heterocycles. The Morgan fingerprint density at radius 3 is 2.53 bits per heavy atom. The van der Waals surface area contributed by atoms with Crippen molar-refractivity contribution in [1.82, 2.24) is 30.4 Å². The Morgan fingerprint density at radius 2 is 1.92 bits per heavy atom. The molecule has 0 bridgehead atoms. The van der Waals surface area contributed by atoms with Gasteiger partial charge in [0, 0.05) is 16.0 Å². The van der Waals surface area contributed by atoms with Gasteiger partial charge in [-0.25, -0.2) is 4.39 Å². The molecule has 4 rings (SSSR count). The summed E-state index contributed by atoms with van der Waals surface area (Å²) in [6.45, 7) is 7.34. The zero-order chi connectivity index (χ0) is 25.9. The number of tetrazole rings is 1. The van der Waals surface area contributed by atoms with Crippen LogP contribution in [0.3, 0.4) is 0 Å². The average molecular weight is 511 g/mol. The monoisotopic (exact) mass is 510 g/mol. The van der Waals surface area contributed by atoms with Crippen LogP contribution in [0.5, 0.6) is 0 Å². The first-order valence-electron chi connectivity index (χ1n) is 11.3. The van der Waals surface area contributed by atoms with Gasteiger partial charge in [0.15, 0.2) is 6.04 Å². The fourth-order valence-electron chi connectivity index (χ4n) is 3.59. The number of thiophene rings is 1. The van der Waals surface area contributed by atoms with E-state index in [1.807, 2.05) is 38.3 Å². The molecule has 1 unspecified atom stereocenters. The molecule has 2 amide bonds. The molecule has 0 spiro atoms. The molecule has 1 N–H and O–H groups in total. The normalized spacial score (nSPS) is 12.4. The minimum absolute atomic E-state index is 0.192. The Morgan fingerprint density at radius 1 is 1.17 bits per heavy atom. The number of hydrogen-bond acceptors (Lipinski definition) is 7. The van der Waals surface area contributed by atoms with Crippen molar-refractivity contribution in [3.63, 3.8) is 0 Å². The number of carbonyl (C=O) groups is 2. The van der Waals surface area contributed by atoms with Gasteiger partial charge in [-0.3, -0.25) is 9.59 Å². The summed E-state index contributed by atoms with van der Waals surface area (Å²) in [5.74, 6) is 0.117. The smallest absolute Gasteiger partial charge is 0.251 e. The molecule has 1 aromatic carbocycles. The molecule has 0 saturated carbocycles. The van der Waals surface area contributed by atoms with Crippen LogP contribution >= 0.6 is 11.3 Å². The van der Waals surface area contributed by atoms with Crippen molar-refractivity contribution in [2.24, 2.45) is 0 Å². The number of amides is 2. The zero-order valence-electron chi connectivity index (χ0n) is 20.4. The first-order chi connectivity index (χ1) is 17.1. The SMILES string of the molecule is Cc1ccc(C(C(=O)NC(C)(C)C)N(Cc2cccs2)C(=O)Cn2nnc(-c3ccc(F)cc3)n2)o1. The van der Waals surface area contributed by atoms with Gasteiger partial charge in [0.05, 0.1) is 6.54 Å². The second-order valence-electron chi connectivity index (χ2n) is 9.34. The third-order valence-electron chi connectivity index (χ3n) is 5.15. The minimum atomic E-state index is -1.01. The van der Waals surface area contributed by atoms with E-state index in [0.29, 0.717) is 17.1 Å². The average Bonchev–Trinajstić information content (AvgIpc) is 3.56. The first-order valence-corrected chi connectivity index (χ1v) is 12.2. The van der Waals surface area contributed by atoms with E-state index < -0.39 is 17.5 Å². The summed E-state index contributed by atoms with van der Waals surface area (Å²) >= 11 is 1.48. The highest BCUT2D eigenvalue weighted by Gasteiger charge is 2.36. The van der Waals surface area contributed by atoms with Crippen molar-refractivity contribution >= 4 is 23.2 Å². The molecular weight excluding hydrogens is 483 g/mol. The number of rotatable bonds is 8. The maximum absolute atomic E-state index is 13.7. The number of aryl methyl sites for hydroxylation is 1. The van der Waals surface area contributed by atoms with Gasteiger partial charge in [-0.15, -0.1) is 21.5 Å². The van der Waals surface area contributed by atoms with Gasteiger partial charge in [-0.05, 0) is 80.8 Å². The molecule has 3 heterocycles. The quantitative estimate of drug-likeness (QED) is 0.382. The van der Waals surface area contributed by atoms with E-state index in [1.165, 1.54) is 40.5 Å². The lowest BCUT2D eigenvalue weighted by Crippen LogP contribution is -2.49. The van der Waals surface area contributed by atoms with Crippen molar-refractivity contribution in [2.75, 3.05) is 0 Å². The Bertz CT molecular complexity index is 1320. The Hall–Kier alpha value is -3.86. The maximum atomic E-state index is 13.7. The van der Waals surface area contributed by atoms with Crippen LogP contribution in [0.1, 0.15) is 43.2 Å². The molecule has 3 aromatic heterocycles. The van der Waals surface area contributed by atoms with E-state index in [-0.39, 0.29) is 30.6 Å². The van der Waals surface area contributed by atoms with E-state index in [4.69, 9.17) is 4.42 Å². The van der Waals surface area contributed by atoms with Gasteiger partial charge >= 0.3 is 0 Å². The van der Waals surface area contributed by atoms with E-state index >= 15 is 0 Å². The van der Waals surface area contributed by atoms with Crippen LogP contribution in [-0.4, -0.2) is 42.5 Å². The molecule has 4 aromatic rings. The lowest BCUT2D eigenvalue weighted by atomic mass is 10.1. The Kier molecular flexibility index (Phi) is 7.30. The number of aromatic nitrogens is 4. The lowest BCUT2D eigenvalue weighted by Gasteiger charge is -2.32. The number of halogens is 1. The van der Waals surface area contributed by atoms with E-state index in [1.54, 1.807) is 19.1 Å². The second kappa shape index (κ2) is 10.4.